The van der Waals surface area contributed by atoms with Gasteiger partial charge in [0.25, 0.3) is 5.91 Å². The molecule has 0 aliphatic carbocycles. The van der Waals surface area contributed by atoms with Crippen LogP contribution >= 0.6 is 11.3 Å². The van der Waals surface area contributed by atoms with Crippen LogP contribution in [0.2, 0.25) is 0 Å². The number of hydrogen-bond acceptors (Lipinski definition) is 4. The van der Waals surface area contributed by atoms with Crippen molar-refractivity contribution in [2.45, 2.75) is 39.7 Å². The zero-order valence-electron chi connectivity index (χ0n) is 17.7. The lowest BCUT2D eigenvalue weighted by Gasteiger charge is -2.22. The third kappa shape index (κ3) is 4.12. The van der Waals surface area contributed by atoms with Crippen LogP contribution in [-0.4, -0.2) is 15.9 Å². The van der Waals surface area contributed by atoms with E-state index >= 15 is 0 Å². The van der Waals surface area contributed by atoms with E-state index < -0.39 is 0 Å². The van der Waals surface area contributed by atoms with Crippen LogP contribution in [0.4, 0.5) is 5.13 Å². The summed E-state index contributed by atoms with van der Waals surface area (Å²) in [5.41, 5.74) is 4.92. The Kier molecular flexibility index (Phi) is 5.39. The van der Waals surface area contributed by atoms with Crippen molar-refractivity contribution in [3.63, 3.8) is 0 Å². The zero-order chi connectivity index (χ0) is 21.3. The summed E-state index contributed by atoms with van der Waals surface area (Å²) < 4.78 is 1.08. The molecule has 0 bridgehead atoms. The van der Waals surface area contributed by atoms with Gasteiger partial charge in [0.2, 0.25) is 0 Å². The molecule has 4 rings (SSSR count). The van der Waals surface area contributed by atoms with E-state index in [1.807, 2.05) is 61.5 Å². The molecular formula is C25H25N3OS. The molecule has 0 aliphatic rings. The number of amides is 1. The van der Waals surface area contributed by atoms with Crippen molar-refractivity contribution in [2.24, 2.45) is 0 Å². The zero-order valence-corrected chi connectivity index (χ0v) is 18.5. The summed E-state index contributed by atoms with van der Waals surface area (Å²) in [6, 6.07) is 17.9. The predicted molar refractivity (Wildman–Crippen MR) is 124 cm³/mol. The minimum atomic E-state index is -0.0592. The van der Waals surface area contributed by atoms with Gasteiger partial charge in [-0.05, 0) is 53.3 Å². The number of aryl methyl sites for hydroxylation is 1. The standard InChI is InChI=1S/C25H25N3OS/c1-17-7-5-9-21-22(17)27-24(30-21)28(16-18-8-6-14-26-15-18)23(29)19-10-12-20(13-11-19)25(2,3)4/h5-15H,16H2,1-4H3. The average Bonchev–Trinajstić information content (AvgIpc) is 3.17. The summed E-state index contributed by atoms with van der Waals surface area (Å²) in [4.78, 5) is 24.3. The Labute approximate surface area is 181 Å². The Bertz CT molecular complexity index is 1170. The maximum atomic E-state index is 13.5. The van der Waals surface area contributed by atoms with E-state index in [2.05, 4.69) is 25.8 Å². The number of carbonyl (C=O) groups is 1. The number of anilines is 1. The van der Waals surface area contributed by atoms with Crippen LogP contribution < -0.4 is 4.90 Å². The van der Waals surface area contributed by atoms with E-state index in [1.54, 1.807) is 28.6 Å². The Morgan fingerprint density at radius 3 is 2.43 bits per heavy atom. The maximum absolute atomic E-state index is 13.5. The summed E-state index contributed by atoms with van der Waals surface area (Å²) in [5, 5.41) is 0.702. The Hall–Kier alpha value is -3.05. The van der Waals surface area contributed by atoms with Gasteiger partial charge in [0.1, 0.15) is 0 Å². The molecule has 0 aliphatic heterocycles. The number of carbonyl (C=O) groups excluding carboxylic acids is 1. The number of thiazole rings is 1. The molecule has 0 unspecified atom stereocenters. The lowest BCUT2D eigenvalue weighted by Crippen LogP contribution is -2.30. The van der Waals surface area contributed by atoms with Crippen molar-refractivity contribution in [1.82, 2.24) is 9.97 Å². The fraction of sp³-hybridized carbons (Fsp3) is 0.240. The molecule has 0 N–H and O–H groups in total. The second-order valence-corrected chi connectivity index (χ2v) is 9.51. The highest BCUT2D eigenvalue weighted by Gasteiger charge is 2.23. The fourth-order valence-corrected chi connectivity index (χ4v) is 4.40. The van der Waals surface area contributed by atoms with Crippen molar-refractivity contribution in [2.75, 3.05) is 4.90 Å². The van der Waals surface area contributed by atoms with Crippen LogP contribution in [0.3, 0.4) is 0 Å². The van der Waals surface area contributed by atoms with Gasteiger partial charge in [0.15, 0.2) is 5.13 Å². The van der Waals surface area contributed by atoms with E-state index in [9.17, 15) is 4.79 Å². The van der Waals surface area contributed by atoms with Gasteiger partial charge in [0.05, 0.1) is 16.8 Å². The van der Waals surface area contributed by atoms with Crippen molar-refractivity contribution >= 4 is 32.6 Å². The first-order valence-electron chi connectivity index (χ1n) is 10.0. The first-order chi connectivity index (χ1) is 14.3. The Morgan fingerprint density at radius 2 is 1.80 bits per heavy atom. The van der Waals surface area contributed by atoms with E-state index in [-0.39, 0.29) is 11.3 Å². The number of fused-ring (bicyclic) bond motifs is 1. The molecule has 2 aromatic carbocycles. The third-order valence-corrected chi connectivity index (χ3v) is 6.19. The SMILES string of the molecule is Cc1cccc2sc(N(Cc3cccnc3)C(=O)c3ccc(C(C)(C)C)cc3)nc12. The highest BCUT2D eigenvalue weighted by Crippen LogP contribution is 2.32. The van der Waals surface area contributed by atoms with E-state index in [1.165, 1.54) is 5.56 Å². The lowest BCUT2D eigenvalue weighted by molar-refractivity contribution is 0.0985. The summed E-state index contributed by atoms with van der Waals surface area (Å²) in [5.74, 6) is -0.0592. The van der Waals surface area contributed by atoms with Gasteiger partial charge >= 0.3 is 0 Å². The number of hydrogen-bond donors (Lipinski definition) is 0. The van der Waals surface area contributed by atoms with Gasteiger partial charge < -0.3 is 0 Å². The van der Waals surface area contributed by atoms with E-state index in [0.717, 1.165) is 21.3 Å². The summed E-state index contributed by atoms with van der Waals surface area (Å²) >= 11 is 1.54. The molecule has 0 spiro atoms. The van der Waals surface area contributed by atoms with Crippen LogP contribution in [-0.2, 0) is 12.0 Å². The molecule has 1 amide bonds. The van der Waals surface area contributed by atoms with Gasteiger partial charge in [-0.25, -0.2) is 4.98 Å². The molecule has 4 nitrogen and oxygen atoms in total. The molecule has 4 aromatic rings. The van der Waals surface area contributed by atoms with Crippen molar-refractivity contribution < 1.29 is 4.79 Å². The van der Waals surface area contributed by atoms with E-state index in [0.29, 0.717) is 17.2 Å². The van der Waals surface area contributed by atoms with Crippen LogP contribution in [0.5, 0.6) is 0 Å². The molecule has 5 heteroatoms. The first kappa shape index (κ1) is 20.2. The third-order valence-electron chi connectivity index (χ3n) is 5.15. The number of pyridine rings is 1. The van der Waals surface area contributed by atoms with Crippen molar-refractivity contribution in [3.05, 3.63) is 89.2 Å². The molecule has 0 saturated heterocycles. The van der Waals surface area contributed by atoms with Gasteiger partial charge in [-0.15, -0.1) is 0 Å². The van der Waals surface area contributed by atoms with Crippen molar-refractivity contribution in [3.8, 4) is 0 Å². The minimum Gasteiger partial charge on any atom is -0.279 e. The Morgan fingerprint density at radius 1 is 1.03 bits per heavy atom. The average molecular weight is 416 g/mol. The molecule has 0 atom stereocenters. The molecule has 30 heavy (non-hydrogen) atoms. The van der Waals surface area contributed by atoms with Gasteiger partial charge in [-0.3, -0.25) is 14.7 Å². The predicted octanol–water partition coefficient (Wildman–Crippen LogP) is 6.14. The largest absolute Gasteiger partial charge is 0.279 e. The molecular weight excluding hydrogens is 390 g/mol. The normalized spacial score (nSPS) is 11.6. The fourth-order valence-electron chi connectivity index (χ4n) is 3.36. The smallest absolute Gasteiger partial charge is 0.260 e. The number of aromatic nitrogens is 2. The Balaban J connectivity index is 1.74. The number of benzene rings is 2. The molecule has 152 valence electrons. The first-order valence-corrected chi connectivity index (χ1v) is 10.8. The second-order valence-electron chi connectivity index (χ2n) is 8.50. The lowest BCUT2D eigenvalue weighted by atomic mass is 9.86. The highest BCUT2D eigenvalue weighted by atomic mass is 32.1. The maximum Gasteiger partial charge on any atom is 0.260 e. The van der Waals surface area contributed by atoms with Crippen LogP contribution in [0.25, 0.3) is 10.2 Å². The van der Waals surface area contributed by atoms with Crippen LogP contribution in [0, 0.1) is 6.92 Å². The summed E-state index contributed by atoms with van der Waals surface area (Å²) in [7, 11) is 0. The number of rotatable bonds is 4. The number of nitrogens with zero attached hydrogens (tertiary/aromatic N) is 3. The molecule has 0 fully saturated rings. The summed E-state index contributed by atoms with van der Waals surface area (Å²) in [6.45, 7) is 8.98. The number of para-hydroxylation sites is 1. The monoisotopic (exact) mass is 415 g/mol. The van der Waals surface area contributed by atoms with E-state index in [4.69, 9.17) is 4.98 Å². The highest BCUT2D eigenvalue weighted by molar-refractivity contribution is 7.22. The molecule has 0 saturated carbocycles. The van der Waals surface area contributed by atoms with Gasteiger partial charge in [-0.2, -0.15) is 0 Å². The van der Waals surface area contributed by atoms with Gasteiger partial charge in [-0.1, -0.05) is 62.4 Å². The van der Waals surface area contributed by atoms with Crippen LogP contribution in [0.15, 0.2) is 67.0 Å². The molecule has 0 radical (unpaired) electrons. The van der Waals surface area contributed by atoms with Crippen LogP contribution in [0.1, 0.15) is 47.8 Å². The topological polar surface area (TPSA) is 46.1 Å². The second kappa shape index (κ2) is 8.00. The van der Waals surface area contributed by atoms with Crippen molar-refractivity contribution in [1.29, 1.82) is 0 Å². The molecule has 2 heterocycles. The van der Waals surface area contributed by atoms with Gasteiger partial charge in [0, 0.05) is 18.0 Å². The molecule has 2 aromatic heterocycles. The minimum absolute atomic E-state index is 0.0432. The quantitative estimate of drug-likeness (QED) is 0.402. The summed E-state index contributed by atoms with van der Waals surface area (Å²) in [6.07, 6.45) is 3.53.